The fraction of sp³-hybridized carbons (Fsp3) is 0.333. The number of aliphatic hydroxyl groups is 1. The molecular weight excluding hydrogens is 308 g/mol. The standard InChI is InChI=1S/C15H19ClN2O4/c1-3-18(8-9-19)12-4-5-13(11(2)10-12)15(21)17-22-14(20)6-7-16/h4-7,10,19H,3,8-9H2,1-2H3,(H,17,21)/b7-6+. The number of hydroxylamine groups is 1. The number of halogens is 1. The number of aliphatic hydroxyl groups excluding tert-OH is 1. The van der Waals surface area contributed by atoms with Gasteiger partial charge in [0, 0.05) is 36.0 Å². The third-order valence-electron chi connectivity index (χ3n) is 3.01. The van der Waals surface area contributed by atoms with E-state index in [4.69, 9.17) is 16.7 Å². The Kier molecular flexibility index (Phi) is 7.42. The monoisotopic (exact) mass is 326 g/mol. The molecule has 7 heteroatoms. The van der Waals surface area contributed by atoms with Crippen LogP contribution in [0.1, 0.15) is 22.8 Å². The highest BCUT2D eigenvalue weighted by molar-refractivity contribution is 6.26. The van der Waals surface area contributed by atoms with Gasteiger partial charge in [-0.15, -0.1) is 0 Å². The number of nitrogens with zero attached hydrogens (tertiary/aromatic N) is 1. The zero-order chi connectivity index (χ0) is 16.5. The van der Waals surface area contributed by atoms with Crippen LogP contribution < -0.4 is 10.4 Å². The summed E-state index contributed by atoms with van der Waals surface area (Å²) in [6.45, 7) is 5.08. The molecule has 0 spiro atoms. The molecule has 1 amide bonds. The summed E-state index contributed by atoms with van der Waals surface area (Å²) in [5.41, 5.74) is 5.09. The van der Waals surface area contributed by atoms with Crippen molar-refractivity contribution >= 4 is 29.2 Å². The van der Waals surface area contributed by atoms with Crippen LogP contribution >= 0.6 is 11.6 Å². The van der Waals surface area contributed by atoms with E-state index >= 15 is 0 Å². The van der Waals surface area contributed by atoms with Crippen LogP contribution in [0.15, 0.2) is 29.8 Å². The summed E-state index contributed by atoms with van der Waals surface area (Å²) in [6, 6.07) is 5.27. The second kappa shape index (κ2) is 9.07. The first-order valence-electron chi connectivity index (χ1n) is 6.77. The predicted octanol–water partition coefficient (Wildman–Crippen LogP) is 1.75. The van der Waals surface area contributed by atoms with Gasteiger partial charge in [-0.25, -0.2) is 4.79 Å². The zero-order valence-corrected chi connectivity index (χ0v) is 13.3. The van der Waals surface area contributed by atoms with Crippen molar-refractivity contribution in [1.29, 1.82) is 0 Å². The van der Waals surface area contributed by atoms with Crippen molar-refractivity contribution in [2.24, 2.45) is 0 Å². The average molecular weight is 327 g/mol. The molecule has 0 saturated heterocycles. The number of nitrogens with one attached hydrogen (secondary N) is 1. The summed E-state index contributed by atoms with van der Waals surface area (Å²) in [7, 11) is 0. The van der Waals surface area contributed by atoms with Gasteiger partial charge >= 0.3 is 5.97 Å². The number of hydrogen-bond acceptors (Lipinski definition) is 5. The van der Waals surface area contributed by atoms with Gasteiger partial charge < -0.3 is 14.8 Å². The van der Waals surface area contributed by atoms with Crippen LogP contribution in [0.25, 0.3) is 0 Å². The Hall–Kier alpha value is -2.05. The molecule has 0 fully saturated rings. The maximum atomic E-state index is 12.0. The summed E-state index contributed by atoms with van der Waals surface area (Å²) < 4.78 is 0. The fourth-order valence-electron chi connectivity index (χ4n) is 1.93. The first kappa shape index (κ1) is 18.0. The Labute approximate surface area is 134 Å². The van der Waals surface area contributed by atoms with Crippen molar-refractivity contribution in [2.45, 2.75) is 13.8 Å². The predicted molar refractivity (Wildman–Crippen MR) is 84.7 cm³/mol. The minimum Gasteiger partial charge on any atom is -0.395 e. The number of hydrogen-bond donors (Lipinski definition) is 2. The molecule has 2 N–H and O–H groups in total. The molecule has 1 aromatic rings. The van der Waals surface area contributed by atoms with Crippen molar-refractivity contribution in [3.63, 3.8) is 0 Å². The van der Waals surface area contributed by atoms with E-state index in [0.717, 1.165) is 29.4 Å². The summed E-state index contributed by atoms with van der Waals surface area (Å²) in [5, 5.41) is 9.04. The number of aryl methyl sites for hydroxylation is 1. The number of carbonyl (C=O) groups is 2. The minimum atomic E-state index is -0.766. The van der Waals surface area contributed by atoms with Crippen molar-refractivity contribution in [2.75, 3.05) is 24.6 Å². The van der Waals surface area contributed by atoms with Gasteiger partial charge in [0.25, 0.3) is 5.91 Å². The zero-order valence-electron chi connectivity index (χ0n) is 12.5. The van der Waals surface area contributed by atoms with Crippen molar-refractivity contribution in [3.8, 4) is 0 Å². The SMILES string of the molecule is CCN(CCO)c1ccc(C(=O)NOC(=O)/C=C/Cl)c(C)c1. The fourth-order valence-corrected chi connectivity index (χ4v) is 2.03. The normalized spacial score (nSPS) is 10.5. The van der Waals surface area contributed by atoms with Gasteiger partial charge in [-0.1, -0.05) is 11.6 Å². The number of likely N-dealkylation sites (N-methyl/N-ethyl adjacent to an activating group) is 1. The quantitative estimate of drug-likeness (QED) is 0.615. The van der Waals surface area contributed by atoms with Gasteiger partial charge in [0.05, 0.1) is 6.61 Å². The first-order chi connectivity index (χ1) is 10.5. The molecule has 0 bridgehead atoms. The second-order valence-corrected chi connectivity index (χ2v) is 4.70. The molecule has 22 heavy (non-hydrogen) atoms. The van der Waals surface area contributed by atoms with Gasteiger partial charge in [-0.2, -0.15) is 5.48 Å². The Morgan fingerprint density at radius 2 is 2.18 bits per heavy atom. The summed E-state index contributed by atoms with van der Waals surface area (Å²) in [4.78, 5) is 29.6. The maximum Gasteiger partial charge on any atom is 0.356 e. The lowest BCUT2D eigenvalue weighted by Gasteiger charge is -2.22. The molecule has 6 nitrogen and oxygen atoms in total. The van der Waals surface area contributed by atoms with E-state index in [0.29, 0.717) is 12.1 Å². The lowest BCUT2D eigenvalue weighted by molar-refractivity contribution is -0.142. The van der Waals surface area contributed by atoms with Crippen LogP contribution in [0, 0.1) is 6.92 Å². The lowest BCUT2D eigenvalue weighted by atomic mass is 10.1. The van der Waals surface area contributed by atoms with E-state index in [9.17, 15) is 9.59 Å². The number of amides is 1. The molecule has 0 aliphatic heterocycles. The maximum absolute atomic E-state index is 12.0. The van der Waals surface area contributed by atoms with Crippen LogP contribution in [-0.2, 0) is 9.63 Å². The number of rotatable bonds is 6. The van der Waals surface area contributed by atoms with Gasteiger partial charge in [0.2, 0.25) is 0 Å². The van der Waals surface area contributed by atoms with E-state index in [-0.39, 0.29) is 6.61 Å². The molecule has 0 aliphatic rings. The Morgan fingerprint density at radius 3 is 2.73 bits per heavy atom. The average Bonchev–Trinajstić information content (AvgIpc) is 2.50. The van der Waals surface area contributed by atoms with Crippen molar-refractivity contribution in [3.05, 3.63) is 40.9 Å². The molecule has 0 saturated carbocycles. The minimum absolute atomic E-state index is 0.0547. The molecule has 0 unspecified atom stereocenters. The third-order valence-corrected chi connectivity index (χ3v) is 3.14. The molecule has 0 heterocycles. The molecule has 0 atom stereocenters. The molecule has 0 aliphatic carbocycles. The Bertz CT molecular complexity index is 560. The van der Waals surface area contributed by atoms with Gasteiger partial charge in [0.15, 0.2) is 0 Å². The van der Waals surface area contributed by atoms with Gasteiger partial charge in [0.1, 0.15) is 0 Å². The Morgan fingerprint density at radius 1 is 1.45 bits per heavy atom. The molecule has 120 valence electrons. The van der Waals surface area contributed by atoms with E-state index in [2.05, 4.69) is 10.3 Å². The summed E-state index contributed by atoms with van der Waals surface area (Å²) >= 11 is 5.22. The van der Waals surface area contributed by atoms with Crippen LogP contribution in [0.2, 0.25) is 0 Å². The van der Waals surface area contributed by atoms with Crippen molar-refractivity contribution in [1.82, 2.24) is 5.48 Å². The van der Waals surface area contributed by atoms with Crippen LogP contribution in [0.5, 0.6) is 0 Å². The first-order valence-corrected chi connectivity index (χ1v) is 7.21. The summed E-state index contributed by atoms with van der Waals surface area (Å²) in [6.07, 6.45) is 0.978. The lowest BCUT2D eigenvalue weighted by Crippen LogP contribution is -2.28. The Balaban J connectivity index is 2.80. The van der Waals surface area contributed by atoms with Crippen LogP contribution in [-0.4, -0.2) is 36.7 Å². The molecule has 0 aromatic heterocycles. The van der Waals surface area contributed by atoms with Gasteiger partial charge in [-0.05, 0) is 37.6 Å². The molecule has 1 rings (SSSR count). The topological polar surface area (TPSA) is 78.9 Å². The van der Waals surface area contributed by atoms with E-state index in [1.807, 2.05) is 17.9 Å². The molecule has 1 aromatic carbocycles. The summed E-state index contributed by atoms with van der Waals surface area (Å²) in [5.74, 6) is -1.29. The van der Waals surface area contributed by atoms with E-state index < -0.39 is 11.9 Å². The highest BCUT2D eigenvalue weighted by Gasteiger charge is 2.13. The van der Waals surface area contributed by atoms with E-state index in [1.165, 1.54) is 0 Å². The second-order valence-electron chi connectivity index (χ2n) is 4.45. The number of anilines is 1. The third kappa shape index (κ3) is 5.05. The molecular formula is C15H19ClN2O4. The van der Waals surface area contributed by atoms with Crippen LogP contribution in [0.4, 0.5) is 5.69 Å². The van der Waals surface area contributed by atoms with Crippen LogP contribution in [0.3, 0.4) is 0 Å². The van der Waals surface area contributed by atoms with Gasteiger partial charge in [-0.3, -0.25) is 4.79 Å². The van der Waals surface area contributed by atoms with E-state index in [1.54, 1.807) is 19.1 Å². The largest absolute Gasteiger partial charge is 0.395 e. The number of benzene rings is 1. The highest BCUT2D eigenvalue weighted by atomic mass is 35.5. The smallest absolute Gasteiger partial charge is 0.356 e. The molecule has 0 radical (unpaired) electrons. The van der Waals surface area contributed by atoms with Crippen molar-refractivity contribution < 1.29 is 19.5 Å². The highest BCUT2D eigenvalue weighted by Crippen LogP contribution is 2.19. The number of carbonyl (C=O) groups excluding carboxylic acids is 2.